The van der Waals surface area contributed by atoms with Crippen molar-refractivity contribution in [2.24, 2.45) is 0 Å². The molecule has 0 aromatic rings. The monoisotopic (exact) mass is 154 g/mol. The number of alkyl halides is 3. The van der Waals surface area contributed by atoms with Crippen LogP contribution >= 0.6 is 11.6 Å². The first kappa shape index (κ1) is 8.38. The Balaban J connectivity index is 4.60. The lowest BCUT2D eigenvalue weighted by molar-refractivity contribution is -0.0843. The highest BCUT2D eigenvalue weighted by Crippen LogP contribution is 2.26. The summed E-state index contributed by atoms with van der Waals surface area (Å²) in [7, 11) is 0. The van der Waals surface area contributed by atoms with Gasteiger partial charge in [-0.25, -0.2) is 0 Å². The van der Waals surface area contributed by atoms with Gasteiger partial charge >= 0.3 is 6.18 Å². The third kappa shape index (κ3) is 3.04. The summed E-state index contributed by atoms with van der Waals surface area (Å²) < 4.78 is 34.0. The van der Waals surface area contributed by atoms with Crippen LogP contribution in [0, 0.1) is 0 Å². The number of hydrogen-bond donors (Lipinski definition) is 0. The zero-order chi connectivity index (χ0) is 7.49. The van der Waals surface area contributed by atoms with Crippen LogP contribution in [0.4, 0.5) is 13.2 Å². The predicted molar refractivity (Wildman–Crippen MR) is 28.1 cm³/mol. The maximum absolute atomic E-state index is 11.3. The fraction of sp³-hybridized carbons (Fsp3) is 0.200. The van der Waals surface area contributed by atoms with Gasteiger partial charge in [-0.3, -0.25) is 0 Å². The quantitative estimate of drug-likeness (QED) is 0.471. The molecule has 0 N–H and O–H groups in total. The summed E-state index contributed by atoms with van der Waals surface area (Å²) in [5, 5.41) is -1.34. The summed E-state index contributed by atoms with van der Waals surface area (Å²) in [5.41, 5.74) is 3.37. The topological polar surface area (TPSA) is 0 Å². The SMILES string of the molecule is C=C=C=C(Cl)C(F)(F)F. The van der Waals surface area contributed by atoms with Crippen LogP contribution in [-0.2, 0) is 0 Å². The summed E-state index contributed by atoms with van der Waals surface area (Å²) in [4.78, 5) is 0. The molecule has 0 saturated carbocycles. The molecule has 0 amide bonds. The van der Waals surface area contributed by atoms with E-state index in [1.54, 1.807) is 11.5 Å². The second-order valence-electron chi connectivity index (χ2n) is 1.11. The Hall–Kier alpha value is -0.620. The van der Waals surface area contributed by atoms with E-state index in [1.165, 1.54) is 0 Å². The Kier molecular flexibility index (Phi) is 2.60. The van der Waals surface area contributed by atoms with Gasteiger partial charge in [-0.2, -0.15) is 13.2 Å². The van der Waals surface area contributed by atoms with E-state index in [1.807, 2.05) is 0 Å². The summed E-state index contributed by atoms with van der Waals surface area (Å²) in [6, 6.07) is 0. The highest BCUT2D eigenvalue weighted by Gasteiger charge is 2.32. The molecule has 9 heavy (non-hydrogen) atoms. The first-order valence-corrected chi connectivity index (χ1v) is 2.24. The van der Waals surface area contributed by atoms with E-state index < -0.39 is 11.2 Å². The molecule has 0 radical (unpaired) electrons. The van der Waals surface area contributed by atoms with Gasteiger partial charge < -0.3 is 0 Å². The fourth-order valence-corrected chi connectivity index (χ4v) is 0.215. The van der Waals surface area contributed by atoms with E-state index in [2.05, 4.69) is 18.2 Å². The summed E-state index contributed by atoms with van der Waals surface area (Å²) >= 11 is 4.64. The minimum absolute atomic E-state index is 1.34. The minimum Gasteiger partial charge on any atom is -0.165 e. The summed E-state index contributed by atoms with van der Waals surface area (Å²) in [5.74, 6) is 0. The fourth-order valence-electron chi connectivity index (χ4n) is 0.148. The molecule has 0 saturated heterocycles. The van der Waals surface area contributed by atoms with Gasteiger partial charge in [0.15, 0.2) is 5.03 Å². The van der Waals surface area contributed by atoms with Crippen LogP contribution in [0.2, 0.25) is 0 Å². The first-order chi connectivity index (χ1) is 3.98. The molecule has 0 heterocycles. The van der Waals surface area contributed by atoms with Crippen LogP contribution < -0.4 is 0 Å². The van der Waals surface area contributed by atoms with Crippen molar-refractivity contribution in [1.29, 1.82) is 0 Å². The number of hydrogen-bond acceptors (Lipinski definition) is 0. The molecule has 0 fully saturated rings. The molecule has 4 heteroatoms. The zero-order valence-electron chi connectivity index (χ0n) is 4.22. The van der Waals surface area contributed by atoms with Gasteiger partial charge in [0.25, 0.3) is 0 Å². The molecule has 0 aliphatic carbocycles. The second-order valence-corrected chi connectivity index (χ2v) is 1.49. The molecule has 0 aliphatic rings. The van der Waals surface area contributed by atoms with Crippen LogP contribution in [0.1, 0.15) is 0 Å². The van der Waals surface area contributed by atoms with E-state index in [4.69, 9.17) is 0 Å². The third-order valence-corrected chi connectivity index (χ3v) is 0.756. The van der Waals surface area contributed by atoms with Gasteiger partial charge in [0, 0.05) is 0 Å². The molecular weight excluding hydrogens is 153 g/mol. The Morgan fingerprint density at radius 1 is 1.44 bits per heavy atom. The molecule has 50 valence electrons. The normalized spacial score (nSPS) is 9.78. The molecule has 0 aromatic carbocycles. The second kappa shape index (κ2) is 2.79. The molecule has 0 spiro atoms. The molecule has 0 atom stereocenters. The van der Waals surface area contributed by atoms with Crippen molar-refractivity contribution in [3.63, 3.8) is 0 Å². The van der Waals surface area contributed by atoms with Crippen molar-refractivity contribution >= 4 is 11.6 Å². The van der Waals surface area contributed by atoms with Crippen molar-refractivity contribution < 1.29 is 13.2 Å². The lowest BCUT2D eigenvalue weighted by atomic mass is 10.6. The Morgan fingerprint density at radius 2 is 1.89 bits per heavy atom. The van der Waals surface area contributed by atoms with E-state index in [0.717, 1.165) is 0 Å². The minimum atomic E-state index is -4.52. The van der Waals surface area contributed by atoms with E-state index >= 15 is 0 Å². The average molecular weight is 155 g/mol. The maximum Gasteiger partial charge on any atom is 0.434 e. The van der Waals surface area contributed by atoms with Gasteiger partial charge in [-0.1, -0.05) is 17.3 Å². The largest absolute Gasteiger partial charge is 0.434 e. The van der Waals surface area contributed by atoms with E-state index in [0.29, 0.717) is 0 Å². The van der Waals surface area contributed by atoms with E-state index in [9.17, 15) is 13.2 Å². The highest BCUT2D eigenvalue weighted by atomic mass is 35.5. The van der Waals surface area contributed by atoms with Crippen LogP contribution in [0.3, 0.4) is 0 Å². The molecule has 0 rings (SSSR count). The standard InChI is InChI=1S/C5H2ClF3/c1-2-3-4(6)5(7,8)9/h1H2. The zero-order valence-corrected chi connectivity index (χ0v) is 4.97. The number of allylic oxidation sites excluding steroid dienone is 1. The Labute approximate surface area is 54.9 Å². The molecule has 0 unspecified atom stereocenters. The van der Waals surface area contributed by atoms with E-state index in [-0.39, 0.29) is 0 Å². The Bertz CT molecular complexity index is 179. The molecule has 0 bridgehead atoms. The first-order valence-electron chi connectivity index (χ1n) is 1.86. The van der Waals surface area contributed by atoms with Gasteiger partial charge in [-0.15, -0.1) is 0 Å². The van der Waals surface area contributed by atoms with Crippen molar-refractivity contribution in [3.05, 3.63) is 23.1 Å². The van der Waals surface area contributed by atoms with Crippen molar-refractivity contribution in [3.8, 4) is 0 Å². The van der Waals surface area contributed by atoms with Crippen molar-refractivity contribution in [2.75, 3.05) is 0 Å². The van der Waals surface area contributed by atoms with Crippen LogP contribution in [0.5, 0.6) is 0 Å². The van der Waals surface area contributed by atoms with Gasteiger partial charge in [0.1, 0.15) is 0 Å². The van der Waals surface area contributed by atoms with Gasteiger partial charge in [-0.05, 0) is 12.3 Å². The van der Waals surface area contributed by atoms with Crippen LogP contribution in [0.15, 0.2) is 23.1 Å². The molecule has 0 nitrogen and oxygen atoms in total. The maximum atomic E-state index is 11.3. The summed E-state index contributed by atoms with van der Waals surface area (Å²) in [6.07, 6.45) is -4.52. The third-order valence-electron chi connectivity index (χ3n) is 0.447. The number of halogens is 4. The molecular formula is C5H2ClF3. The van der Waals surface area contributed by atoms with Crippen LogP contribution in [0.25, 0.3) is 0 Å². The Morgan fingerprint density at radius 3 is 2.00 bits per heavy atom. The van der Waals surface area contributed by atoms with Crippen molar-refractivity contribution in [2.45, 2.75) is 6.18 Å². The van der Waals surface area contributed by atoms with Gasteiger partial charge in [0.2, 0.25) is 0 Å². The highest BCUT2D eigenvalue weighted by molar-refractivity contribution is 6.30. The summed E-state index contributed by atoms with van der Waals surface area (Å²) in [6.45, 7) is 2.87. The van der Waals surface area contributed by atoms with Crippen LogP contribution in [-0.4, -0.2) is 6.18 Å². The van der Waals surface area contributed by atoms with Gasteiger partial charge in [0.05, 0.1) is 0 Å². The smallest absolute Gasteiger partial charge is 0.165 e. The molecule has 0 aliphatic heterocycles. The predicted octanol–water partition coefficient (Wildman–Crippen LogP) is 2.61. The molecule has 0 aromatic heterocycles. The number of rotatable bonds is 0. The average Bonchev–Trinajstić information content (AvgIpc) is 1.64. The lowest BCUT2D eigenvalue weighted by Crippen LogP contribution is -2.05. The van der Waals surface area contributed by atoms with Crippen molar-refractivity contribution in [1.82, 2.24) is 0 Å². The lowest BCUT2D eigenvalue weighted by Gasteiger charge is -1.98.